The molecule has 2 rings (SSSR count). The summed E-state index contributed by atoms with van der Waals surface area (Å²) in [4.78, 5) is 11.4. The number of hydrogen-bond acceptors (Lipinski definition) is 4. The van der Waals surface area contributed by atoms with Crippen LogP contribution >= 0.6 is 0 Å². The van der Waals surface area contributed by atoms with Crippen LogP contribution < -0.4 is 15.4 Å². The minimum atomic E-state index is -0.626. The van der Waals surface area contributed by atoms with Crippen LogP contribution in [0.3, 0.4) is 0 Å². The molecule has 0 saturated heterocycles. The third-order valence-electron chi connectivity index (χ3n) is 3.63. The van der Waals surface area contributed by atoms with Gasteiger partial charge in [-0.25, -0.2) is 0 Å². The highest BCUT2D eigenvalue weighted by atomic mass is 16.5. The number of carbonyl (C=O) groups excluding carboxylic acids is 1. The fraction of sp³-hybridized carbons (Fsp3) is 0.562. The van der Waals surface area contributed by atoms with Crippen molar-refractivity contribution in [3.63, 3.8) is 0 Å². The van der Waals surface area contributed by atoms with Crippen molar-refractivity contribution in [1.82, 2.24) is 10.6 Å². The van der Waals surface area contributed by atoms with Gasteiger partial charge in [0.15, 0.2) is 0 Å². The maximum atomic E-state index is 11.4. The molecule has 1 aliphatic carbocycles. The largest absolute Gasteiger partial charge is 0.496 e. The number of nitrogens with one attached hydrogen (secondary N) is 2. The molecule has 5 nitrogen and oxygen atoms in total. The Morgan fingerprint density at radius 1 is 1.43 bits per heavy atom. The van der Waals surface area contributed by atoms with Gasteiger partial charge in [-0.2, -0.15) is 0 Å². The lowest BCUT2D eigenvalue weighted by Crippen LogP contribution is -2.34. The monoisotopic (exact) mass is 292 g/mol. The number of methoxy groups -OCH3 is 1. The van der Waals surface area contributed by atoms with E-state index >= 15 is 0 Å². The average Bonchev–Trinajstić information content (AvgIpc) is 3.31. The van der Waals surface area contributed by atoms with Crippen molar-refractivity contribution in [2.24, 2.45) is 5.92 Å². The van der Waals surface area contributed by atoms with Crippen molar-refractivity contribution in [1.29, 1.82) is 0 Å². The summed E-state index contributed by atoms with van der Waals surface area (Å²) in [6.07, 6.45) is 1.41. The fourth-order valence-electron chi connectivity index (χ4n) is 2.23. The Kier molecular flexibility index (Phi) is 5.59. The van der Waals surface area contributed by atoms with Crippen LogP contribution in [0.15, 0.2) is 18.2 Å². The predicted octanol–water partition coefficient (Wildman–Crippen LogP) is 1.15. The maximum absolute atomic E-state index is 11.4. The van der Waals surface area contributed by atoms with E-state index in [1.54, 1.807) is 7.11 Å². The molecule has 0 heterocycles. The first-order valence-corrected chi connectivity index (χ1v) is 7.43. The van der Waals surface area contributed by atoms with Gasteiger partial charge in [0.2, 0.25) is 5.91 Å². The molecule has 1 fully saturated rings. The van der Waals surface area contributed by atoms with E-state index < -0.39 is 6.10 Å². The summed E-state index contributed by atoms with van der Waals surface area (Å²) in [5.74, 6) is 1.08. The molecular weight excluding hydrogens is 268 g/mol. The summed E-state index contributed by atoms with van der Waals surface area (Å²) in [6, 6.07) is 5.75. The number of aryl methyl sites for hydroxylation is 1. The number of rotatable bonds is 8. The van der Waals surface area contributed by atoms with Crippen molar-refractivity contribution < 1.29 is 14.6 Å². The topological polar surface area (TPSA) is 70.6 Å². The first kappa shape index (κ1) is 15.8. The number of amides is 1. The van der Waals surface area contributed by atoms with Crippen molar-refractivity contribution in [2.75, 3.05) is 26.7 Å². The van der Waals surface area contributed by atoms with Crippen LogP contribution in [0.2, 0.25) is 0 Å². The first-order chi connectivity index (χ1) is 10.1. The Hall–Kier alpha value is -1.59. The molecule has 0 bridgehead atoms. The van der Waals surface area contributed by atoms with Crippen LogP contribution in [0.25, 0.3) is 0 Å². The maximum Gasteiger partial charge on any atom is 0.223 e. The van der Waals surface area contributed by atoms with Crippen molar-refractivity contribution in [2.45, 2.75) is 25.9 Å². The van der Waals surface area contributed by atoms with Gasteiger partial charge in [-0.1, -0.05) is 11.6 Å². The lowest BCUT2D eigenvalue weighted by atomic mass is 10.1. The highest BCUT2D eigenvalue weighted by Gasteiger charge is 2.28. The van der Waals surface area contributed by atoms with Gasteiger partial charge >= 0.3 is 0 Å². The van der Waals surface area contributed by atoms with E-state index in [-0.39, 0.29) is 11.8 Å². The summed E-state index contributed by atoms with van der Waals surface area (Å²) in [5.41, 5.74) is 1.87. The molecule has 1 aromatic rings. The van der Waals surface area contributed by atoms with Crippen LogP contribution in [-0.4, -0.2) is 37.8 Å². The molecule has 0 radical (unpaired) electrons. The molecule has 1 atom stereocenters. The zero-order valence-corrected chi connectivity index (χ0v) is 12.7. The zero-order chi connectivity index (χ0) is 15.2. The van der Waals surface area contributed by atoms with Gasteiger partial charge in [-0.05, 0) is 31.9 Å². The van der Waals surface area contributed by atoms with E-state index in [1.807, 2.05) is 25.1 Å². The standard InChI is InChI=1S/C16H24N2O3/c1-11-3-6-15(21-2)13(9-11)14(19)10-17-7-8-18-16(20)12-4-5-12/h3,6,9,12,14,17,19H,4-5,7-8,10H2,1-2H3,(H,18,20). The van der Waals surface area contributed by atoms with E-state index in [0.717, 1.165) is 24.0 Å². The second-order valence-corrected chi connectivity index (χ2v) is 5.53. The quantitative estimate of drug-likeness (QED) is 0.629. The highest BCUT2D eigenvalue weighted by molar-refractivity contribution is 5.80. The molecule has 21 heavy (non-hydrogen) atoms. The highest BCUT2D eigenvalue weighted by Crippen LogP contribution is 2.28. The van der Waals surface area contributed by atoms with Crippen LogP contribution in [0.5, 0.6) is 5.75 Å². The normalized spacial score (nSPS) is 15.6. The fourth-order valence-corrected chi connectivity index (χ4v) is 2.23. The second kappa shape index (κ2) is 7.43. The van der Waals surface area contributed by atoms with Gasteiger partial charge < -0.3 is 20.5 Å². The summed E-state index contributed by atoms with van der Waals surface area (Å²) in [5, 5.41) is 16.3. The summed E-state index contributed by atoms with van der Waals surface area (Å²) in [6.45, 7) is 3.65. The molecular formula is C16H24N2O3. The number of benzene rings is 1. The molecule has 0 aliphatic heterocycles. The summed E-state index contributed by atoms with van der Waals surface area (Å²) < 4.78 is 5.27. The minimum absolute atomic E-state index is 0.151. The summed E-state index contributed by atoms with van der Waals surface area (Å²) in [7, 11) is 1.60. The number of hydrogen-bond donors (Lipinski definition) is 3. The first-order valence-electron chi connectivity index (χ1n) is 7.43. The van der Waals surface area contributed by atoms with Crippen molar-refractivity contribution in [3.05, 3.63) is 29.3 Å². The molecule has 1 aliphatic rings. The van der Waals surface area contributed by atoms with Gasteiger partial charge in [0, 0.05) is 31.1 Å². The molecule has 1 aromatic carbocycles. The number of ether oxygens (including phenoxy) is 1. The zero-order valence-electron chi connectivity index (χ0n) is 12.7. The number of aliphatic hydroxyl groups is 1. The summed E-state index contributed by atoms with van der Waals surface area (Å²) >= 11 is 0. The second-order valence-electron chi connectivity index (χ2n) is 5.53. The van der Waals surface area contributed by atoms with Crippen molar-refractivity contribution in [3.8, 4) is 5.75 Å². The molecule has 1 unspecified atom stereocenters. The van der Waals surface area contributed by atoms with Crippen LogP contribution in [0, 0.1) is 12.8 Å². The predicted molar refractivity (Wildman–Crippen MR) is 81.3 cm³/mol. The van der Waals surface area contributed by atoms with E-state index in [1.165, 1.54) is 0 Å². The van der Waals surface area contributed by atoms with E-state index in [2.05, 4.69) is 10.6 Å². The van der Waals surface area contributed by atoms with Crippen LogP contribution in [0.1, 0.15) is 30.1 Å². The Labute approximate surface area is 125 Å². The molecule has 0 aromatic heterocycles. The van der Waals surface area contributed by atoms with Gasteiger partial charge in [0.1, 0.15) is 5.75 Å². The molecule has 1 saturated carbocycles. The third kappa shape index (κ3) is 4.72. The van der Waals surface area contributed by atoms with Gasteiger partial charge in [-0.15, -0.1) is 0 Å². The SMILES string of the molecule is COc1ccc(C)cc1C(O)CNCCNC(=O)C1CC1. The molecule has 0 spiro atoms. The molecule has 1 amide bonds. The van der Waals surface area contributed by atoms with E-state index in [9.17, 15) is 9.90 Å². The molecule has 116 valence electrons. The van der Waals surface area contributed by atoms with E-state index in [4.69, 9.17) is 4.74 Å². The lowest BCUT2D eigenvalue weighted by molar-refractivity contribution is -0.122. The third-order valence-corrected chi connectivity index (χ3v) is 3.63. The molecule has 5 heteroatoms. The van der Waals surface area contributed by atoms with Crippen LogP contribution in [-0.2, 0) is 4.79 Å². The Bertz CT molecular complexity index is 486. The smallest absolute Gasteiger partial charge is 0.223 e. The van der Waals surface area contributed by atoms with Crippen molar-refractivity contribution >= 4 is 5.91 Å². The average molecular weight is 292 g/mol. The van der Waals surface area contributed by atoms with Gasteiger partial charge in [0.25, 0.3) is 0 Å². The number of aliphatic hydroxyl groups excluding tert-OH is 1. The van der Waals surface area contributed by atoms with Crippen LogP contribution in [0.4, 0.5) is 0 Å². The number of carbonyl (C=O) groups is 1. The Morgan fingerprint density at radius 2 is 2.19 bits per heavy atom. The van der Waals surface area contributed by atoms with E-state index in [0.29, 0.717) is 25.4 Å². The lowest BCUT2D eigenvalue weighted by Gasteiger charge is -2.16. The minimum Gasteiger partial charge on any atom is -0.496 e. The van der Waals surface area contributed by atoms with Gasteiger partial charge in [0.05, 0.1) is 13.2 Å². The molecule has 3 N–H and O–H groups in total. The Morgan fingerprint density at radius 3 is 2.86 bits per heavy atom. The van der Waals surface area contributed by atoms with Gasteiger partial charge in [-0.3, -0.25) is 4.79 Å². The Balaban J connectivity index is 1.72.